The second kappa shape index (κ2) is 11.1. The molecule has 0 saturated heterocycles. The molecule has 6 heteroatoms. The third-order valence-corrected chi connectivity index (χ3v) is 5.20. The molecule has 2 heterocycles. The Morgan fingerprint density at radius 1 is 1.38 bits per heavy atom. The fourth-order valence-electron chi connectivity index (χ4n) is 2.49. The predicted molar refractivity (Wildman–Crippen MR) is 115 cm³/mol. The Balaban J connectivity index is 0.00000288. The monoisotopic (exact) mass is 463 g/mol. The van der Waals surface area contributed by atoms with Crippen LogP contribution < -0.4 is 10.6 Å². The van der Waals surface area contributed by atoms with Gasteiger partial charge >= 0.3 is 0 Å². The smallest absolute Gasteiger partial charge is 0.191 e. The standard InChI is InChI=1S/C18H29N3OS.HI/c1-4-19-17(20-10-7-15-8-11-22-12-9-15)21-14-18(2,3)16-6-5-13-23-16;/h5-6,8,13H,4,7,9-12,14H2,1-3H3,(H2,19,20,21);1H. The molecule has 1 aromatic rings. The molecule has 24 heavy (non-hydrogen) atoms. The molecule has 2 rings (SSSR count). The maximum Gasteiger partial charge on any atom is 0.191 e. The van der Waals surface area contributed by atoms with Gasteiger partial charge in [-0.2, -0.15) is 0 Å². The summed E-state index contributed by atoms with van der Waals surface area (Å²) in [5.41, 5.74) is 1.55. The highest BCUT2D eigenvalue weighted by Gasteiger charge is 2.21. The van der Waals surface area contributed by atoms with Crippen molar-refractivity contribution < 1.29 is 4.74 Å². The summed E-state index contributed by atoms with van der Waals surface area (Å²) in [6, 6.07) is 4.30. The van der Waals surface area contributed by atoms with E-state index < -0.39 is 0 Å². The lowest BCUT2D eigenvalue weighted by molar-refractivity contribution is 0.153. The van der Waals surface area contributed by atoms with E-state index in [0.717, 1.165) is 51.6 Å². The van der Waals surface area contributed by atoms with Gasteiger partial charge in [0.1, 0.15) is 0 Å². The second-order valence-electron chi connectivity index (χ2n) is 6.42. The molecule has 1 aromatic heterocycles. The van der Waals surface area contributed by atoms with Crippen LogP contribution in [0.3, 0.4) is 0 Å². The number of ether oxygens (including phenoxy) is 1. The van der Waals surface area contributed by atoms with Gasteiger partial charge in [0.05, 0.1) is 19.8 Å². The quantitative estimate of drug-likeness (QED) is 0.279. The van der Waals surface area contributed by atoms with E-state index >= 15 is 0 Å². The van der Waals surface area contributed by atoms with Crippen molar-refractivity contribution in [1.82, 2.24) is 10.6 Å². The Morgan fingerprint density at radius 2 is 2.21 bits per heavy atom. The van der Waals surface area contributed by atoms with Gasteiger partial charge in [0.25, 0.3) is 0 Å². The number of guanidine groups is 1. The van der Waals surface area contributed by atoms with Crippen molar-refractivity contribution in [1.29, 1.82) is 0 Å². The molecule has 0 bridgehead atoms. The van der Waals surface area contributed by atoms with Gasteiger partial charge in [0, 0.05) is 23.4 Å². The molecule has 4 nitrogen and oxygen atoms in total. The number of hydrogen-bond donors (Lipinski definition) is 2. The number of halogens is 1. The minimum absolute atomic E-state index is 0. The fraction of sp³-hybridized carbons (Fsp3) is 0.611. The topological polar surface area (TPSA) is 45.7 Å². The molecular weight excluding hydrogens is 433 g/mol. The van der Waals surface area contributed by atoms with Gasteiger partial charge < -0.3 is 15.4 Å². The Morgan fingerprint density at radius 3 is 2.83 bits per heavy atom. The number of nitrogens with zero attached hydrogens (tertiary/aromatic N) is 1. The first-order valence-corrected chi connectivity index (χ1v) is 9.31. The molecule has 2 N–H and O–H groups in total. The second-order valence-corrected chi connectivity index (χ2v) is 7.37. The minimum atomic E-state index is 0. The van der Waals surface area contributed by atoms with Crippen LogP contribution in [0.1, 0.15) is 38.5 Å². The highest BCUT2D eigenvalue weighted by atomic mass is 127. The lowest BCUT2D eigenvalue weighted by atomic mass is 9.92. The molecule has 0 saturated carbocycles. The first-order valence-electron chi connectivity index (χ1n) is 8.43. The van der Waals surface area contributed by atoms with E-state index in [2.05, 4.69) is 55.0 Å². The summed E-state index contributed by atoms with van der Waals surface area (Å²) in [4.78, 5) is 6.16. The van der Waals surface area contributed by atoms with Crippen molar-refractivity contribution >= 4 is 41.3 Å². The van der Waals surface area contributed by atoms with E-state index in [1.165, 1.54) is 10.5 Å². The van der Waals surface area contributed by atoms with Crippen molar-refractivity contribution in [3.8, 4) is 0 Å². The summed E-state index contributed by atoms with van der Waals surface area (Å²) in [5.74, 6) is 0.907. The Labute approximate surface area is 167 Å². The third-order valence-electron chi connectivity index (χ3n) is 3.96. The molecule has 0 atom stereocenters. The average molecular weight is 463 g/mol. The molecular formula is C18H30IN3OS. The van der Waals surface area contributed by atoms with Crippen molar-refractivity contribution in [2.75, 3.05) is 32.8 Å². The molecule has 0 aromatic carbocycles. The van der Waals surface area contributed by atoms with Crippen LogP contribution in [0.25, 0.3) is 0 Å². The normalized spacial score (nSPS) is 15.5. The zero-order valence-corrected chi connectivity index (χ0v) is 18.1. The van der Waals surface area contributed by atoms with Crippen LogP contribution in [0.5, 0.6) is 0 Å². The first kappa shape index (κ1) is 21.4. The van der Waals surface area contributed by atoms with Gasteiger partial charge in [-0.15, -0.1) is 35.3 Å². The summed E-state index contributed by atoms with van der Waals surface area (Å²) in [5, 5.41) is 8.91. The van der Waals surface area contributed by atoms with Crippen LogP contribution in [0.4, 0.5) is 0 Å². The van der Waals surface area contributed by atoms with E-state index in [0.29, 0.717) is 0 Å². The average Bonchev–Trinajstić information content (AvgIpc) is 3.09. The van der Waals surface area contributed by atoms with Crippen molar-refractivity contribution in [3.63, 3.8) is 0 Å². The van der Waals surface area contributed by atoms with Gasteiger partial charge in [-0.1, -0.05) is 31.6 Å². The Kier molecular flexibility index (Phi) is 9.92. The summed E-state index contributed by atoms with van der Waals surface area (Å²) >= 11 is 1.80. The van der Waals surface area contributed by atoms with Crippen LogP contribution in [-0.4, -0.2) is 38.8 Å². The highest BCUT2D eigenvalue weighted by molar-refractivity contribution is 14.0. The van der Waals surface area contributed by atoms with Crippen LogP contribution in [0, 0.1) is 0 Å². The zero-order chi connectivity index (χ0) is 16.5. The molecule has 0 unspecified atom stereocenters. The number of thiophene rings is 1. The predicted octanol–water partition coefficient (Wildman–Crippen LogP) is 3.94. The van der Waals surface area contributed by atoms with E-state index in [1.807, 2.05) is 0 Å². The number of nitrogens with one attached hydrogen (secondary N) is 2. The van der Waals surface area contributed by atoms with E-state index in [-0.39, 0.29) is 29.4 Å². The Bertz CT molecular complexity index is 526. The molecule has 136 valence electrons. The molecule has 0 radical (unpaired) electrons. The third kappa shape index (κ3) is 7.11. The van der Waals surface area contributed by atoms with Gasteiger partial charge in [-0.05, 0) is 31.2 Å². The van der Waals surface area contributed by atoms with Crippen molar-refractivity contribution in [2.45, 2.75) is 39.0 Å². The maximum atomic E-state index is 5.35. The number of aliphatic imine (C=N–C) groups is 1. The molecule has 0 aliphatic carbocycles. The SMILES string of the molecule is CCNC(=NCC(C)(C)c1cccs1)NCCC1=CCOCC1.I. The highest BCUT2D eigenvalue weighted by Crippen LogP contribution is 2.27. The molecule has 0 amide bonds. The van der Waals surface area contributed by atoms with Crippen LogP contribution in [0.15, 0.2) is 34.2 Å². The summed E-state index contributed by atoms with van der Waals surface area (Å²) in [6.07, 6.45) is 4.32. The van der Waals surface area contributed by atoms with Crippen LogP contribution in [0.2, 0.25) is 0 Å². The first-order chi connectivity index (χ1) is 11.1. The maximum absolute atomic E-state index is 5.35. The minimum Gasteiger partial charge on any atom is -0.377 e. The summed E-state index contributed by atoms with van der Waals surface area (Å²) in [7, 11) is 0. The number of rotatable bonds is 7. The van der Waals surface area contributed by atoms with Crippen molar-refractivity contribution in [3.05, 3.63) is 34.0 Å². The van der Waals surface area contributed by atoms with E-state index in [1.54, 1.807) is 11.3 Å². The molecule has 0 fully saturated rings. The van der Waals surface area contributed by atoms with Gasteiger partial charge in [0.15, 0.2) is 5.96 Å². The zero-order valence-electron chi connectivity index (χ0n) is 14.9. The molecule has 0 spiro atoms. The number of hydrogen-bond acceptors (Lipinski definition) is 3. The summed E-state index contributed by atoms with van der Waals surface area (Å²) in [6.45, 7) is 10.8. The van der Waals surface area contributed by atoms with Gasteiger partial charge in [0.2, 0.25) is 0 Å². The van der Waals surface area contributed by atoms with Crippen LogP contribution in [-0.2, 0) is 10.2 Å². The summed E-state index contributed by atoms with van der Waals surface area (Å²) < 4.78 is 5.35. The van der Waals surface area contributed by atoms with Crippen LogP contribution >= 0.6 is 35.3 Å². The van der Waals surface area contributed by atoms with E-state index in [4.69, 9.17) is 9.73 Å². The van der Waals surface area contributed by atoms with E-state index in [9.17, 15) is 0 Å². The Hall–Kier alpha value is -0.600. The van der Waals surface area contributed by atoms with Crippen molar-refractivity contribution in [2.24, 2.45) is 4.99 Å². The lowest BCUT2D eigenvalue weighted by Gasteiger charge is -2.22. The molecule has 1 aliphatic heterocycles. The fourth-order valence-corrected chi connectivity index (χ4v) is 3.34. The van der Waals surface area contributed by atoms with Gasteiger partial charge in [-0.25, -0.2) is 0 Å². The largest absolute Gasteiger partial charge is 0.377 e. The van der Waals surface area contributed by atoms with Gasteiger partial charge in [-0.3, -0.25) is 4.99 Å². The lowest BCUT2D eigenvalue weighted by Crippen LogP contribution is -2.39. The molecule has 1 aliphatic rings.